The van der Waals surface area contributed by atoms with E-state index in [0.29, 0.717) is 11.1 Å². The fourth-order valence-electron chi connectivity index (χ4n) is 2.15. The first-order valence-electron chi connectivity index (χ1n) is 6.95. The van der Waals surface area contributed by atoms with Crippen molar-refractivity contribution in [2.45, 2.75) is 39.7 Å². The minimum atomic E-state index is -0.260. The molecular weight excluding hydrogens is 331 g/mol. The average molecular weight is 351 g/mol. The zero-order valence-corrected chi connectivity index (χ0v) is 14.4. The lowest BCUT2D eigenvalue weighted by molar-refractivity contribution is 0.297. The van der Waals surface area contributed by atoms with E-state index in [1.54, 1.807) is 12.1 Å². The summed E-state index contributed by atoms with van der Waals surface area (Å²) in [5, 5.41) is 0. The maximum absolute atomic E-state index is 13.2. The van der Waals surface area contributed by atoms with Gasteiger partial charge in [-0.15, -0.1) is 0 Å². The molecule has 0 unspecified atom stereocenters. The molecule has 0 spiro atoms. The fourth-order valence-corrected chi connectivity index (χ4v) is 2.57. The zero-order valence-electron chi connectivity index (χ0n) is 12.8. The monoisotopic (exact) mass is 350 g/mol. The molecule has 0 aliphatic rings. The third-order valence-electron chi connectivity index (χ3n) is 3.32. The van der Waals surface area contributed by atoms with Crippen LogP contribution in [0.3, 0.4) is 0 Å². The maximum Gasteiger partial charge on any atom is 0.137 e. The van der Waals surface area contributed by atoms with Crippen molar-refractivity contribution < 1.29 is 9.13 Å². The molecule has 0 aliphatic carbocycles. The largest absolute Gasteiger partial charge is 0.489 e. The van der Waals surface area contributed by atoms with Crippen LogP contribution in [0.25, 0.3) is 0 Å². The summed E-state index contributed by atoms with van der Waals surface area (Å²) in [4.78, 5) is 0. The molecular formula is C18H20BrFO. The van der Waals surface area contributed by atoms with Gasteiger partial charge >= 0.3 is 0 Å². The molecule has 112 valence electrons. The van der Waals surface area contributed by atoms with Gasteiger partial charge in [0, 0.05) is 0 Å². The molecule has 2 aromatic carbocycles. The van der Waals surface area contributed by atoms with Gasteiger partial charge < -0.3 is 4.74 Å². The lowest BCUT2D eigenvalue weighted by Crippen LogP contribution is -2.13. The van der Waals surface area contributed by atoms with Crippen molar-refractivity contribution in [3.05, 3.63) is 63.4 Å². The number of rotatable bonds is 3. The third kappa shape index (κ3) is 4.07. The van der Waals surface area contributed by atoms with Crippen LogP contribution in [-0.4, -0.2) is 0 Å². The summed E-state index contributed by atoms with van der Waals surface area (Å²) >= 11 is 3.20. The van der Waals surface area contributed by atoms with E-state index in [9.17, 15) is 4.39 Å². The van der Waals surface area contributed by atoms with Gasteiger partial charge in [-0.2, -0.15) is 0 Å². The summed E-state index contributed by atoms with van der Waals surface area (Å²) in [6.45, 7) is 9.01. The van der Waals surface area contributed by atoms with Crippen molar-refractivity contribution in [3.63, 3.8) is 0 Å². The molecule has 21 heavy (non-hydrogen) atoms. The lowest BCUT2D eigenvalue weighted by atomic mass is 9.85. The van der Waals surface area contributed by atoms with Crippen molar-refractivity contribution in [2.24, 2.45) is 0 Å². The summed E-state index contributed by atoms with van der Waals surface area (Å²) < 4.78 is 19.7. The van der Waals surface area contributed by atoms with Crippen molar-refractivity contribution in [2.75, 3.05) is 0 Å². The highest BCUT2D eigenvalue weighted by atomic mass is 79.9. The Morgan fingerprint density at radius 2 is 1.81 bits per heavy atom. The average Bonchev–Trinajstić information content (AvgIpc) is 2.40. The Labute approximate surface area is 134 Å². The van der Waals surface area contributed by atoms with E-state index in [1.165, 1.54) is 17.2 Å². The minimum absolute atomic E-state index is 0.0186. The van der Waals surface area contributed by atoms with Crippen LogP contribution in [0.2, 0.25) is 0 Å². The third-order valence-corrected chi connectivity index (χ3v) is 3.93. The molecule has 0 atom stereocenters. The highest BCUT2D eigenvalue weighted by Gasteiger charge is 2.19. The van der Waals surface area contributed by atoms with E-state index < -0.39 is 0 Å². The summed E-state index contributed by atoms with van der Waals surface area (Å²) in [7, 11) is 0. The van der Waals surface area contributed by atoms with E-state index in [4.69, 9.17) is 4.74 Å². The van der Waals surface area contributed by atoms with Gasteiger partial charge in [0.05, 0.1) is 4.47 Å². The molecule has 1 nitrogen and oxygen atoms in total. The van der Waals surface area contributed by atoms with E-state index in [0.717, 1.165) is 11.3 Å². The molecule has 0 aromatic heterocycles. The van der Waals surface area contributed by atoms with Crippen LogP contribution in [0, 0.1) is 12.7 Å². The van der Waals surface area contributed by atoms with Gasteiger partial charge in [0.15, 0.2) is 0 Å². The highest BCUT2D eigenvalue weighted by Crippen LogP contribution is 2.32. The van der Waals surface area contributed by atoms with Crippen molar-refractivity contribution in [3.8, 4) is 5.75 Å². The molecule has 0 saturated heterocycles. The molecule has 0 radical (unpaired) electrons. The van der Waals surface area contributed by atoms with Gasteiger partial charge in [-0.25, -0.2) is 4.39 Å². The summed E-state index contributed by atoms with van der Waals surface area (Å²) in [6.07, 6.45) is 0. The van der Waals surface area contributed by atoms with Crippen molar-refractivity contribution in [1.82, 2.24) is 0 Å². The molecule has 0 saturated carbocycles. The molecule has 3 heteroatoms. The van der Waals surface area contributed by atoms with Crippen LogP contribution in [0.5, 0.6) is 5.75 Å². The van der Waals surface area contributed by atoms with Crippen LogP contribution in [0.1, 0.15) is 37.5 Å². The molecule has 2 rings (SSSR count). The smallest absolute Gasteiger partial charge is 0.137 e. The molecule has 0 amide bonds. The number of ether oxygens (including phenoxy) is 1. The van der Waals surface area contributed by atoms with E-state index in [2.05, 4.69) is 49.7 Å². The number of halogens is 2. The Bertz CT molecular complexity index is 644. The first-order valence-corrected chi connectivity index (χ1v) is 7.74. The van der Waals surface area contributed by atoms with Crippen molar-refractivity contribution in [1.29, 1.82) is 0 Å². The van der Waals surface area contributed by atoms with Crippen LogP contribution >= 0.6 is 15.9 Å². The van der Waals surface area contributed by atoms with Crippen molar-refractivity contribution >= 4 is 15.9 Å². The SMILES string of the molecule is Cc1ccc(OCc2ccc(F)c(Br)c2)c(C(C)(C)C)c1. The summed E-state index contributed by atoms with van der Waals surface area (Å²) in [6, 6.07) is 11.2. The Balaban J connectivity index is 2.22. The quantitative estimate of drug-likeness (QED) is 0.682. The first kappa shape index (κ1) is 16.0. The standard InChI is InChI=1S/C18H20BrFO/c1-12-5-8-17(14(9-12)18(2,3)4)21-11-13-6-7-16(20)15(19)10-13/h5-10H,11H2,1-4H3. The Morgan fingerprint density at radius 1 is 1.10 bits per heavy atom. The molecule has 0 fully saturated rings. The van der Waals surface area contributed by atoms with E-state index in [-0.39, 0.29) is 11.2 Å². The normalized spacial score (nSPS) is 11.5. The van der Waals surface area contributed by atoms with E-state index >= 15 is 0 Å². The van der Waals surface area contributed by atoms with Gasteiger partial charge in [0.2, 0.25) is 0 Å². The molecule has 0 bridgehead atoms. The predicted molar refractivity (Wildman–Crippen MR) is 88.3 cm³/mol. The van der Waals surface area contributed by atoms with E-state index in [1.807, 2.05) is 12.1 Å². The number of benzene rings is 2. The number of hydrogen-bond donors (Lipinski definition) is 0. The Morgan fingerprint density at radius 3 is 2.43 bits per heavy atom. The predicted octanol–water partition coefficient (Wildman–Crippen LogP) is 5.77. The zero-order chi connectivity index (χ0) is 15.6. The molecule has 2 aromatic rings. The minimum Gasteiger partial charge on any atom is -0.489 e. The molecule has 0 aliphatic heterocycles. The Hall–Kier alpha value is -1.35. The topological polar surface area (TPSA) is 9.23 Å². The number of hydrogen-bond acceptors (Lipinski definition) is 1. The van der Waals surface area contributed by atoms with Gasteiger partial charge in [0.1, 0.15) is 18.2 Å². The molecule has 0 heterocycles. The van der Waals surface area contributed by atoms with Gasteiger partial charge in [-0.05, 0) is 57.6 Å². The molecule has 0 N–H and O–H groups in total. The summed E-state index contributed by atoms with van der Waals surface area (Å²) in [5.41, 5.74) is 3.36. The second-order valence-electron chi connectivity index (χ2n) is 6.29. The second-order valence-corrected chi connectivity index (χ2v) is 7.14. The van der Waals surface area contributed by atoms with Gasteiger partial charge in [-0.3, -0.25) is 0 Å². The Kier molecular flexibility index (Phi) is 4.72. The first-order chi connectivity index (χ1) is 9.77. The van der Waals surface area contributed by atoms with Gasteiger partial charge in [0.25, 0.3) is 0 Å². The van der Waals surface area contributed by atoms with Gasteiger partial charge in [-0.1, -0.05) is 44.5 Å². The second kappa shape index (κ2) is 6.18. The summed E-state index contributed by atoms with van der Waals surface area (Å²) in [5.74, 6) is 0.623. The van der Waals surface area contributed by atoms with Crippen LogP contribution in [0.15, 0.2) is 40.9 Å². The van der Waals surface area contributed by atoms with Crippen LogP contribution in [-0.2, 0) is 12.0 Å². The lowest BCUT2D eigenvalue weighted by Gasteiger charge is -2.23. The maximum atomic E-state index is 13.2. The highest BCUT2D eigenvalue weighted by molar-refractivity contribution is 9.10. The fraction of sp³-hybridized carbons (Fsp3) is 0.333. The number of aryl methyl sites for hydroxylation is 1. The van der Waals surface area contributed by atoms with Crippen LogP contribution in [0.4, 0.5) is 4.39 Å². The van der Waals surface area contributed by atoms with Crippen LogP contribution < -0.4 is 4.74 Å².